The molecule has 0 bridgehead atoms. The third-order valence-electron chi connectivity index (χ3n) is 6.26. The Labute approximate surface area is 181 Å². The molecule has 1 amide bonds. The number of benzene rings is 2. The largest absolute Gasteiger partial charge is 0.294 e. The van der Waals surface area contributed by atoms with E-state index in [9.17, 15) is 4.79 Å². The van der Waals surface area contributed by atoms with Gasteiger partial charge in [-0.1, -0.05) is 54.1 Å². The predicted octanol–water partition coefficient (Wildman–Crippen LogP) is 5.46. The van der Waals surface area contributed by atoms with Gasteiger partial charge in [0.15, 0.2) is 0 Å². The molecule has 1 atom stereocenters. The van der Waals surface area contributed by atoms with E-state index in [0.29, 0.717) is 23.8 Å². The van der Waals surface area contributed by atoms with Crippen molar-refractivity contribution in [2.45, 2.75) is 31.2 Å². The van der Waals surface area contributed by atoms with Gasteiger partial charge in [-0.15, -0.1) is 0 Å². The molecule has 5 heteroatoms. The quantitative estimate of drug-likeness (QED) is 0.601. The second-order valence-electron chi connectivity index (χ2n) is 8.17. The molecule has 1 aliphatic heterocycles. The zero-order valence-corrected chi connectivity index (χ0v) is 17.3. The van der Waals surface area contributed by atoms with Crippen LogP contribution in [0.1, 0.15) is 30.5 Å². The fraction of sp³-hybridized carbons (Fsp3) is 0.240. The number of hydrogen-bond acceptors (Lipinski definition) is 3. The molecular formula is C25H22ClN3O. The van der Waals surface area contributed by atoms with E-state index in [0.717, 1.165) is 35.2 Å². The molecule has 2 aliphatic rings. The maximum absolute atomic E-state index is 13.8. The Morgan fingerprint density at radius 1 is 1.03 bits per heavy atom. The normalized spacial score (nSPS) is 21.3. The van der Waals surface area contributed by atoms with Gasteiger partial charge in [-0.05, 0) is 59.7 Å². The minimum Gasteiger partial charge on any atom is -0.294 e. The van der Waals surface area contributed by atoms with Gasteiger partial charge in [0.25, 0.3) is 0 Å². The number of aromatic nitrogens is 1. The lowest BCUT2D eigenvalue weighted by molar-refractivity contribution is -0.132. The number of pyridine rings is 1. The van der Waals surface area contributed by atoms with Crippen LogP contribution in [0.15, 0.2) is 72.9 Å². The van der Waals surface area contributed by atoms with Crippen LogP contribution in [-0.2, 0) is 16.8 Å². The van der Waals surface area contributed by atoms with Gasteiger partial charge in [0, 0.05) is 17.6 Å². The molecule has 1 aromatic heterocycles. The van der Waals surface area contributed by atoms with E-state index in [2.05, 4.69) is 11.1 Å². The zero-order chi connectivity index (χ0) is 20.7. The number of hydrogen-bond donors (Lipinski definition) is 1. The lowest BCUT2D eigenvalue weighted by atomic mass is 9.74. The Kier molecular flexibility index (Phi) is 4.67. The molecule has 5 rings (SSSR count). The second kappa shape index (κ2) is 7.37. The Hall–Kier alpha value is -2.98. The van der Waals surface area contributed by atoms with Crippen LogP contribution >= 0.6 is 11.6 Å². The van der Waals surface area contributed by atoms with Crippen LogP contribution in [0.3, 0.4) is 0 Å². The lowest BCUT2D eigenvalue weighted by Crippen LogP contribution is -2.40. The molecule has 3 aromatic rings. The molecule has 0 spiro atoms. The van der Waals surface area contributed by atoms with Crippen molar-refractivity contribution in [3.63, 3.8) is 0 Å². The van der Waals surface area contributed by atoms with E-state index >= 15 is 0 Å². The molecule has 1 saturated heterocycles. The topological polar surface area (TPSA) is 57.1 Å². The summed E-state index contributed by atoms with van der Waals surface area (Å²) in [5.41, 5.74) is 3.22. The van der Waals surface area contributed by atoms with Gasteiger partial charge in [0.1, 0.15) is 5.84 Å². The first-order chi connectivity index (χ1) is 14.6. The summed E-state index contributed by atoms with van der Waals surface area (Å²) in [6, 6.07) is 21.6. The molecule has 0 radical (unpaired) electrons. The summed E-state index contributed by atoms with van der Waals surface area (Å²) in [5.74, 6) is 0.698. The van der Waals surface area contributed by atoms with E-state index in [1.54, 1.807) is 11.1 Å². The van der Waals surface area contributed by atoms with E-state index in [1.165, 1.54) is 0 Å². The Balaban J connectivity index is 1.54. The van der Waals surface area contributed by atoms with Crippen LogP contribution in [0.2, 0.25) is 5.02 Å². The van der Waals surface area contributed by atoms with Gasteiger partial charge in [-0.3, -0.25) is 20.1 Å². The van der Waals surface area contributed by atoms with Crippen molar-refractivity contribution in [3.05, 3.63) is 89.2 Å². The maximum Gasteiger partial charge on any atom is 0.239 e. The zero-order valence-electron chi connectivity index (χ0n) is 16.5. The summed E-state index contributed by atoms with van der Waals surface area (Å²) < 4.78 is 0. The smallest absolute Gasteiger partial charge is 0.239 e. The third kappa shape index (κ3) is 3.21. The van der Waals surface area contributed by atoms with Crippen molar-refractivity contribution in [1.29, 1.82) is 5.41 Å². The molecule has 150 valence electrons. The van der Waals surface area contributed by atoms with Crippen molar-refractivity contribution < 1.29 is 4.79 Å². The van der Waals surface area contributed by atoms with Crippen molar-refractivity contribution in [3.8, 4) is 11.1 Å². The van der Waals surface area contributed by atoms with Gasteiger partial charge in [-0.2, -0.15) is 0 Å². The molecule has 1 unspecified atom stereocenters. The summed E-state index contributed by atoms with van der Waals surface area (Å²) >= 11 is 6.19. The number of likely N-dealkylation sites (tertiary alicyclic amines) is 1. The maximum atomic E-state index is 13.8. The second-order valence-corrected chi connectivity index (χ2v) is 8.61. The van der Waals surface area contributed by atoms with Crippen LogP contribution < -0.4 is 0 Å². The monoisotopic (exact) mass is 415 g/mol. The third-order valence-corrected chi connectivity index (χ3v) is 6.49. The van der Waals surface area contributed by atoms with Crippen LogP contribution in [0.4, 0.5) is 0 Å². The van der Waals surface area contributed by atoms with E-state index in [4.69, 9.17) is 17.0 Å². The molecule has 2 fully saturated rings. The molecule has 30 heavy (non-hydrogen) atoms. The van der Waals surface area contributed by atoms with Crippen LogP contribution in [0, 0.1) is 11.3 Å². The van der Waals surface area contributed by atoms with Crippen molar-refractivity contribution in [2.24, 2.45) is 5.92 Å². The fourth-order valence-corrected chi connectivity index (χ4v) is 4.81. The number of carbonyl (C=O) groups excluding carboxylic acids is 1. The van der Waals surface area contributed by atoms with Crippen molar-refractivity contribution >= 4 is 23.3 Å². The Morgan fingerprint density at radius 3 is 2.50 bits per heavy atom. The van der Waals surface area contributed by atoms with Gasteiger partial charge < -0.3 is 0 Å². The molecule has 1 saturated carbocycles. The molecule has 2 heterocycles. The van der Waals surface area contributed by atoms with Crippen LogP contribution in [0.5, 0.6) is 0 Å². The Bertz CT molecular complexity index is 1130. The first-order valence-electron chi connectivity index (χ1n) is 10.2. The number of nitrogens with zero attached hydrogens (tertiary/aromatic N) is 2. The van der Waals surface area contributed by atoms with Crippen molar-refractivity contribution in [1.82, 2.24) is 9.88 Å². The fourth-order valence-electron chi connectivity index (χ4n) is 4.62. The first-order valence-corrected chi connectivity index (χ1v) is 10.6. The number of amides is 1. The predicted molar refractivity (Wildman–Crippen MR) is 118 cm³/mol. The lowest BCUT2D eigenvalue weighted by Gasteiger charge is -2.28. The van der Waals surface area contributed by atoms with Gasteiger partial charge in [-0.25, -0.2) is 0 Å². The summed E-state index contributed by atoms with van der Waals surface area (Å²) in [5, 5.41) is 9.31. The average molecular weight is 416 g/mol. The summed E-state index contributed by atoms with van der Waals surface area (Å²) in [6.45, 7) is 0.348. The highest BCUT2D eigenvalue weighted by molar-refractivity contribution is 6.30. The minimum atomic E-state index is -0.652. The minimum absolute atomic E-state index is 0.0314. The van der Waals surface area contributed by atoms with Gasteiger partial charge in [0.05, 0.1) is 17.7 Å². The Morgan fingerprint density at radius 2 is 1.80 bits per heavy atom. The number of nitrogens with one attached hydrogen (secondary N) is 1. The molecule has 1 aliphatic carbocycles. The van der Waals surface area contributed by atoms with Gasteiger partial charge >= 0.3 is 0 Å². The average Bonchev–Trinajstić information content (AvgIpc) is 3.58. The molecule has 1 N–H and O–H groups in total. The van der Waals surface area contributed by atoms with Crippen LogP contribution in [0.25, 0.3) is 11.1 Å². The molecule has 2 aromatic carbocycles. The molecule has 4 nitrogen and oxygen atoms in total. The van der Waals surface area contributed by atoms with Gasteiger partial charge in [0.2, 0.25) is 5.91 Å². The van der Waals surface area contributed by atoms with E-state index < -0.39 is 5.41 Å². The number of rotatable bonds is 5. The number of carbonyl (C=O) groups is 1. The highest BCUT2D eigenvalue weighted by atomic mass is 35.5. The van der Waals surface area contributed by atoms with E-state index in [-0.39, 0.29) is 11.8 Å². The summed E-state index contributed by atoms with van der Waals surface area (Å²) in [6.07, 6.45) is 4.22. The highest BCUT2D eigenvalue weighted by Crippen LogP contribution is 2.54. The standard InChI is InChI=1S/C25H22ClN3O/c26-21-8-4-6-18(14-21)17-5-3-7-20(13-17)25(19-10-11-19)15-23(27)29(24(25)30)16-22-9-1-2-12-28-22/h1-9,12-14,19,27H,10-11,15-16H2. The summed E-state index contributed by atoms with van der Waals surface area (Å²) in [4.78, 5) is 19.7. The summed E-state index contributed by atoms with van der Waals surface area (Å²) in [7, 11) is 0. The number of amidine groups is 1. The number of halogens is 1. The SMILES string of the molecule is N=C1CC(c2cccc(-c3cccc(Cl)c3)c2)(C2CC2)C(=O)N1Cc1ccccn1. The van der Waals surface area contributed by atoms with Crippen molar-refractivity contribution in [2.75, 3.05) is 0 Å². The highest BCUT2D eigenvalue weighted by Gasteiger charge is 2.58. The first kappa shape index (κ1) is 19.0. The van der Waals surface area contributed by atoms with E-state index in [1.807, 2.05) is 60.7 Å². The molecular weight excluding hydrogens is 394 g/mol. The van der Waals surface area contributed by atoms with Crippen LogP contribution in [-0.4, -0.2) is 21.6 Å².